The maximum absolute atomic E-state index is 12.1. The highest BCUT2D eigenvalue weighted by Crippen LogP contribution is 2.10. The van der Waals surface area contributed by atoms with Gasteiger partial charge in [-0.05, 0) is 36.8 Å². The number of hydrogen-bond donors (Lipinski definition) is 1. The van der Waals surface area contributed by atoms with Crippen molar-refractivity contribution in [1.29, 1.82) is 0 Å². The third kappa shape index (κ3) is 3.96. The normalized spacial score (nSPS) is 10.8. The van der Waals surface area contributed by atoms with Crippen molar-refractivity contribution in [1.82, 2.24) is 20.0 Å². The van der Waals surface area contributed by atoms with Gasteiger partial charge in [0.1, 0.15) is 17.8 Å². The average molecular weight is 350 g/mol. The molecule has 3 rings (SSSR count). The summed E-state index contributed by atoms with van der Waals surface area (Å²) in [5.74, 6) is 0.181. The molecule has 0 aliphatic rings. The molecule has 1 N–H and O–H groups in total. The number of nitrogens with one attached hydrogen (secondary N) is 1. The molecule has 0 saturated heterocycles. The summed E-state index contributed by atoms with van der Waals surface area (Å²) in [4.78, 5) is 30.6. The minimum absolute atomic E-state index is 0.0125. The fourth-order valence-corrected chi connectivity index (χ4v) is 2.14. The summed E-state index contributed by atoms with van der Waals surface area (Å²) in [6.45, 7) is 1.88. The number of hydrazone groups is 1. The number of aromatic nitrogens is 3. The molecule has 1 aromatic carbocycles. The number of nitro groups is 1. The molecule has 0 fully saturated rings. The topological polar surface area (TPSA) is 115 Å². The number of imidazole rings is 1. The minimum Gasteiger partial charge on any atom is -0.290 e. The molecule has 0 bridgehead atoms. The lowest BCUT2D eigenvalue weighted by atomic mass is 10.2. The van der Waals surface area contributed by atoms with Gasteiger partial charge in [0.25, 0.3) is 11.6 Å². The molecule has 26 heavy (non-hydrogen) atoms. The number of nitrogens with zero attached hydrogens (tertiary/aromatic N) is 5. The zero-order valence-corrected chi connectivity index (χ0v) is 13.7. The van der Waals surface area contributed by atoms with Gasteiger partial charge in [-0.15, -0.1) is 0 Å². The Kier molecular flexibility index (Phi) is 4.79. The van der Waals surface area contributed by atoms with Gasteiger partial charge in [-0.2, -0.15) is 5.10 Å². The molecule has 9 heteroatoms. The number of pyridine rings is 1. The molecule has 2 aromatic heterocycles. The lowest BCUT2D eigenvalue weighted by Crippen LogP contribution is -2.18. The van der Waals surface area contributed by atoms with Crippen molar-refractivity contribution in [3.63, 3.8) is 0 Å². The van der Waals surface area contributed by atoms with Gasteiger partial charge in [-0.1, -0.05) is 6.07 Å². The second kappa shape index (κ2) is 7.34. The molecular formula is C17H14N6O3. The first-order valence-electron chi connectivity index (χ1n) is 7.59. The van der Waals surface area contributed by atoms with Crippen molar-refractivity contribution >= 4 is 17.8 Å². The fourth-order valence-electron chi connectivity index (χ4n) is 2.14. The summed E-state index contributed by atoms with van der Waals surface area (Å²) in [6.07, 6.45) is 4.44. The zero-order valence-electron chi connectivity index (χ0n) is 13.7. The van der Waals surface area contributed by atoms with Crippen LogP contribution in [0.2, 0.25) is 0 Å². The van der Waals surface area contributed by atoms with E-state index in [1.54, 1.807) is 10.8 Å². The highest BCUT2D eigenvalue weighted by atomic mass is 16.6. The Morgan fingerprint density at radius 3 is 2.73 bits per heavy atom. The van der Waals surface area contributed by atoms with E-state index in [0.717, 1.165) is 5.69 Å². The first-order valence-corrected chi connectivity index (χ1v) is 7.59. The Morgan fingerprint density at radius 1 is 1.27 bits per heavy atom. The molecule has 130 valence electrons. The highest BCUT2D eigenvalue weighted by Gasteiger charge is 2.10. The summed E-state index contributed by atoms with van der Waals surface area (Å²) in [5, 5.41) is 14.4. The second-order valence-corrected chi connectivity index (χ2v) is 5.35. The van der Waals surface area contributed by atoms with Crippen LogP contribution in [-0.4, -0.2) is 31.6 Å². The Bertz CT molecular complexity index is 978. The lowest BCUT2D eigenvalue weighted by molar-refractivity contribution is -0.384. The second-order valence-electron chi connectivity index (χ2n) is 5.35. The number of benzene rings is 1. The van der Waals surface area contributed by atoms with Crippen LogP contribution in [0.25, 0.3) is 5.82 Å². The van der Waals surface area contributed by atoms with E-state index in [4.69, 9.17) is 0 Å². The van der Waals surface area contributed by atoms with E-state index in [1.807, 2.05) is 25.1 Å². The van der Waals surface area contributed by atoms with E-state index >= 15 is 0 Å². The van der Waals surface area contributed by atoms with Crippen molar-refractivity contribution < 1.29 is 9.72 Å². The molecule has 0 atom stereocenters. The van der Waals surface area contributed by atoms with Gasteiger partial charge < -0.3 is 0 Å². The maximum Gasteiger partial charge on any atom is 0.291 e. The standard InChI is InChI=1S/C17H14N6O3/c1-12-3-2-4-16(20-12)22-10-15(18-11-22)17(24)21-19-9-13-5-7-14(8-6-13)23(25)26/h2-11H,1H3,(H,21,24)/b19-9+. The van der Waals surface area contributed by atoms with Crippen molar-refractivity contribution in [3.8, 4) is 5.82 Å². The fraction of sp³-hybridized carbons (Fsp3) is 0.0588. The highest BCUT2D eigenvalue weighted by molar-refractivity contribution is 5.93. The number of carbonyl (C=O) groups excluding carboxylic acids is 1. The third-order valence-corrected chi connectivity index (χ3v) is 3.44. The lowest BCUT2D eigenvalue weighted by Gasteiger charge is -2.01. The first-order chi connectivity index (χ1) is 12.5. The number of amides is 1. The Balaban J connectivity index is 1.64. The zero-order chi connectivity index (χ0) is 18.5. The molecule has 9 nitrogen and oxygen atoms in total. The van der Waals surface area contributed by atoms with Gasteiger partial charge in [0.2, 0.25) is 0 Å². The number of non-ortho nitro benzene ring substituents is 1. The molecule has 0 unspecified atom stereocenters. The van der Waals surface area contributed by atoms with Crippen LogP contribution in [0.3, 0.4) is 0 Å². The first kappa shape index (κ1) is 17.0. The molecule has 0 saturated carbocycles. The number of nitro benzene ring substituents is 1. The number of hydrogen-bond acceptors (Lipinski definition) is 6. The van der Waals surface area contributed by atoms with Crippen LogP contribution in [0, 0.1) is 17.0 Å². The number of rotatable bonds is 5. The van der Waals surface area contributed by atoms with Crippen LogP contribution >= 0.6 is 0 Å². The van der Waals surface area contributed by atoms with Crippen LogP contribution in [0.4, 0.5) is 5.69 Å². The summed E-state index contributed by atoms with van der Waals surface area (Å²) in [6, 6.07) is 11.3. The van der Waals surface area contributed by atoms with Gasteiger partial charge in [0.05, 0.1) is 11.1 Å². The van der Waals surface area contributed by atoms with Gasteiger partial charge in [0.15, 0.2) is 0 Å². The van der Waals surface area contributed by atoms with Crippen molar-refractivity contribution in [3.05, 3.63) is 82.1 Å². The quantitative estimate of drug-likeness (QED) is 0.430. The SMILES string of the molecule is Cc1cccc(-n2cnc(C(=O)N/N=C/c3ccc([N+](=O)[O-])cc3)c2)n1. The molecule has 0 radical (unpaired) electrons. The summed E-state index contributed by atoms with van der Waals surface area (Å²) < 4.78 is 1.64. The molecule has 3 aromatic rings. The van der Waals surface area contributed by atoms with Crippen LogP contribution in [0.15, 0.2) is 60.1 Å². The molecular weight excluding hydrogens is 336 g/mol. The van der Waals surface area contributed by atoms with Crippen LogP contribution in [0.5, 0.6) is 0 Å². The minimum atomic E-state index is -0.484. The average Bonchev–Trinajstić information content (AvgIpc) is 3.12. The van der Waals surface area contributed by atoms with Gasteiger partial charge >= 0.3 is 0 Å². The van der Waals surface area contributed by atoms with E-state index in [9.17, 15) is 14.9 Å². The van der Waals surface area contributed by atoms with Crippen molar-refractivity contribution in [2.24, 2.45) is 5.10 Å². The third-order valence-electron chi connectivity index (χ3n) is 3.44. The van der Waals surface area contributed by atoms with E-state index < -0.39 is 10.8 Å². The summed E-state index contributed by atoms with van der Waals surface area (Å²) in [5.41, 5.74) is 4.01. The largest absolute Gasteiger partial charge is 0.291 e. The molecule has 0 aliphatic carbocycles. The smallest absolute Gasteiger partial charge is 0.290 e. The molecule has 0 aliphatic heterocycles. The Labute approximate surface area is 148 Å². The molecule has 2 heterocycles. The molecule has 1 amide bonds. The number of carbonyl (C=O) groups is 1. The summed E-state index contributed by atoms with van der Waals surface area (Å²) in [7, 11) is 0. The van der Waals surface area contributed by atoms with Gasteiger partial charge in [-0.3, -0.25) is 19.5 Å². The Hall–Kier alpha value is -3.88. The monoisotopic (exact) mass is 350 g/mol. The Morgan fingerprint density at radius 2 is 2.04 bits per heavy atom. The van der Waals surface area contributed by atoms with Gasteiger partial charge in [0, 0.05) is 24.0 Å². The predicted molar refractivity (Wildman–Crippen MR) is 94.3 cm³/mol. The maximum atomic E-state index is 12.1. The van der Waals surface area contributed by atoms with E-state index in [-0.39, 0.29) is 11.4 Å². The van der Waals surface area contributed by atoms with Gasteiger partial charge in [-0.25, -0.2) is 15.4 Å². The predicted octanol–water partition coefficient (Wildman–Crippen LogP) is 2.25. The van der Waals surface area contributed by atoms with E-state index in [1.165, 1.54) is 36.8 Å². The van der Waals surface area contributed by atoms with Crippen LogP contribution < -0.4 is 5.43 Å². The van der Waals surface area contributed by atoms with E-state index in [0.29, 0.717) is 11.4 Å². The van der Waals surface area contributed by atoms with E-state index in [2.05, 4.69) is 20.5 Å². The van der Waals surface area contributed by atoms with Crippen molar-refractivity contribution in [2.45, 2.75) is 6.92 Å². The van der Waals surface area contributed by atoms with Crippen LogP contribution in [-0.2, 0) is 0 Å². The summed E-state index contributed by atoms with van der Waals surface area (Å²) >= 11 is 0. The number of aryl methyl sites for hydroxylation is 1. The van der Waals surface area contributed by atoms with Crippen molar-refractivity contribution in [2.75, 3.05) is 0 Å². The molecule has 0 spiro atoms. The van der Waals surface area contributed by atoms with Crippen LogP contribution in [0.1, 0.15) is 21.7 Å².